The Balaban J connectivity index is 2.60. The van der Waals surface area contributed by atoms with Crippen LogP contribution in [0.25, 0.3) is 0 Å². The first-order valence-electron chi connectivity index (χ1n) is 6.85. The molecule has 0 aliphatic heterocycles. The third kappa shape index (κ3) is 6.43. The number of para-hydroxylation sites is 1. The van der Waals surface area contributed by atoms with Crippen molar-refractivity contribution in [1.82, 2.24) is 15.5 Å². The van der Waals surface area contributed by atoms with Crippen LogP contribution in [-0.2, 0) is 9.59 Å². The van der Waals surface area contributed by atoms with Gasteiger partial charge in [-0.25, -0.2) is 4.79 Å². The molecule has 0 saturated carbocycles. The second-order valence-electron chi connectivity index (χ2n) is 4.58. The van der Waals surface area contributed by atoms with E-state index in [1.807, 2.05) is 0 Å². The van der Waals surface area contributed by atoms with E-state index in [2.05, 4.69) is 16.0 Å². The summed E-state index contributed by atoms with van der Waals surface area (Å²) in [4.78, 5) is 36.3. The number of rotatable bonds is 6. The highest BCUT2D eigenvalue weighted by molar-refractivity contribution is 6.39. The van der Waals surface area contributed by atoms with E-state index in [1.54, 1.807) is 30.0 Å². The molecule has 126 valence electrons. The average molecular weight is 361 g/mol. The number of carbonyl (C=O) groups is 3. The zero-order valence-electron chi connectivity index (χ0n) is 12.8. The summed E-state index contributed by atoms with van der Waals surface area (Å²) in [5.74, 6) is -0.871. The molecule has 0 unspecified atom stereocenters. The molecule has 0 bridgehead atoms. The molecule has 0 radical (unpaired) electrons. The molecule has 1 rings (SSSR count). The van der Waals surface area contributed by atoms with E-state index >= 15 is 0 Å². The largest absolute Gasteiger partial charge is 0.341 e. The van der Waals surface area contributed by atoms with Gasteiger partial charge < -0.3 is 10.6 Å². The molecule has 0 heterocycles. The van der Waals surface area contributed by atoms with Crippen LogP contribution >= 0.6 is 23.2 Å². The van der Waals surface area contributed by atoms with Crippen LogP contribution < -0.4 is 16.0 Å². The van der Waals surface area contributed by atoms with Gasteiger partial charge in [-0.05, 0) is 18.7 Å². The van der Waals surface area contributed by atoms with Gasteiger partial charge in [0.15, 0.2) is 0 Å². The quantitative estimate of drug-likeness (QED) is 0.720. The third-order valence-corrected chi connectivity index (χ3v) is 3.52. The average Bonchev–Trinajstić information content (AvgIpc) is 2.50. The first-order valence-corrected chi connectivity index (χ1v) is 7.60. The van der Waals surface area contributed by atoms with E-state index < -0.39 is 11.9 Å². The number of amides is 4. The minimum absolute atomic E-state index is 0.0424. The fourth-order valence-corrected chi connectivity index (χ4v) is 2.20. The standard InChI is InChI=1S/C14H18Cl2N4O3/c1-3-20(8-12(22)19-14(23)17-2)7-11(21)18-13-9(15)5-4-6-10(13)16/h4-6H,3,7-8H2,1-2H3,(H,18,21)(H2,17,19,22,23). The van der Waals surface area contributed by atoms with Crippen molar-refractivity contribution in [3.05, 3.63) is 28.2 Å². The van der Waals surface area contributed by atoms with Gasteiger partial charge in [0.2, 0.25) is 11.8 Å². The molecule has 0 spiro atoms. The second-order valence-corrected chi connectivity index (χ2v) is 5.39. The monoisotopic (exact) mass is 360 g/mol. The van der Waals surface area contributed by atoms with Crippen LogP contribution in [0.15, 0.2) is 18.2 Å². The van der Waals surface area contributed by atoms with Gasteiger partial charge in [-0.3, -0.25) is 19.8 Å². The summed E-state index contributed by atoms with van der Waals surface area (Å²) in [5, 5.41) is 7.67. The summed E-state index contributed by atoms with van der Waals surface area (Å²) >= 11 is 12.0. The number of nitrogens with one attached hydrogen (secondary N) is 3. The molecule has 4 amide bonds. The van der Waals surface area contributed by atoms with E-state index in [9.17, 15) is 14.4 Å². The van der Waals surface area contributed by atoms with Crippen molar-refractivity contribution in [2.24, 2.45) is 0 Å². The number of hydrogen-bond acceptors (Lipinski definition) is 4. The van der Waals surface area contributed by atoms with Crippen LogP contribution in [0.1, 0.15) is 6.92 Å². The smallest absolute Gasteiger partial charge is 0.321 e. The van der Waals surface area contributed by atoms with E-state index in [-0.39, 0.29) is 19.0 Å². The number of halogens is 2. The Morgan fingerprint density at radius 1 is 1.09 bits per heavy atom. The predicted octanol–water partition coefficient (Wildman–Crippen LogP) is 1.71. The van der Waals surface area contributed by atoms with Crippen LogP contribution in [0.2, 0.25) is 10.0 Å². The Kier molecular flexibility index (Phi) is 7.80. The van der Waals surface area contributed by atoms with Crippen LogP contribution in [-0.4, -0.2) is 49.4 Å². The van der Waals surface area contributed by atoms with Crippen LogP contribution in [0.3, 0.4) is 0 Å². The molecule has 9 heteroatoms. The predicted molar refractivity (Wildman–Crippen MR) is 89.8 cm³/mol. The summed E-state index contributed by atoms with van der Waals surface area (Å²) in [6, 6.07) is 4.29. The van der Waals surface area contributed by atoms with Crippen molar-refractivity contribution in [2.75, 3.05) is 32.0 Å². The summed E-state index contributed by atoms with van der Waals surface area (Å²) < 4.78 is 0. The first kappa shape index (κ1) is 19.2. The number of hydrogen-bond donors (Lipinski definition) is 3. The lowest BCUT2D eigenvalue weighted by Gasteiger charge is -2.19. The highest BCUT2D eigenvalue weighted by Gasteiger charge is 2.16. The number of anilines is 1. The minimum atomic E-state index is -0.599. The molecule has 0 aliphatic rings. The van der Waals surface area contributed by atoms with E-state index in [0.29, 0.717) is 22.3 Å². The number of urea groups is 1. The molecule has 1 aromatic rings. The molecular weight excluding hydrogens is 343 g/mol. The van der Waals surface area contributed by atoms with Gasteiger partial charge >= 0.3 is 6.03 Å². The van der Waals surface area contributed by atoms with Gasteiger partial charge in [-0.15, -0.1) is 0 Å². The maximum atomic E-state index is 12.1. The SMILES string of the molecule is CCN(CC(=O)NC(=O)NC)CC(=O)Nc1c(Cl)cccc1Cl. The molecular formula is C14H18Cl2N4O3. The van der Waals surface area contributed by atoms with Crippen molar-refractivity contribution >= 4 is 46.7 Å². The topological polar surface area (TPSA) is 90.5 Å². The van der Waals surface area contributed by atoms with Gasteiger partial charge in [-0.2, -0.15) is 0 Å². The van der Waals surface area contributed by atoms with Crippen LogP contribution in [0.5, 0.6) is 0 Å². The molecule has 7 nitrogen and oxygen atoms in total. The van der Waals surface area contributed by atoms with Crippen molar-refractivity contribution < 1.29 is 14.4 Å². The first-order chi connectivity index (χ1) is 10.9. The summed E-state index contributed by atoms with van der Waals surface area (Å²) in [6.07, 6.45) is 0. The summed E-state index contributed by atoms with van der Waals surface area (Å²) in [7, 11) is 1.40. The Labute approximate surface area is 144 Å². The Morgan fingerprint density at radius 3 is 2.17 bits per heavy atom. The minimum Gasteiger partial charge on any atom is -0.341 e. The number of carbonyl (C=O) groups excluding carboxylic acids is 3. The zero-order chi connectivity index (χ0) is 17.4. The maximum absolute atomic E-state index is 12.1. The van der Waals surface area contributed by atoms with E-state index in [1.165, 1.54) is 7.05 Å². The Hall–Kier alpha value is -1.83. The van der Waals surface area contributed by atoms with Gasteiger partial charge in [-0.1, -0.05) is 36.2 Å². The Morgan fingerprint density at radius 2 is 1.65 bits per heavy atom. The van der Waals surface area contributed by atoms with E-state index in [4.69, 9.17) is 23.2 Å². The van der Waals surface area contributed by atoms with Crippen molar-refractivity contribution in [3.63, 3.8) is 0 Å². The lowest BCUT2D eigenvalue weighted by molar-refractivity contribution is -0.122. The second kappa shape index (κ2) is 9.34. The Bertz CT molecular complexity index is 575. The molecule has 0 saturated heterocycles. The molecule has 23 heavy (non-hydrogen) atoms. The van der Waals surface area contributed by atoms with Gasteiger partial charge in [0.1, 0.15) is 0 Å². The third-order valence-electron chi connectivity index (χ3n) is 2.89. The molecule has 0 aliphatic carbocycles. The lowest BCUT2D eigenvalue weighted by atomic mass is 10.3. The van der Waals surface area contributed by atoms with Gasteiger partial charge in [0.25, 0.3) is 0 Å². The number of nitrogens with zero attached hydrogens (tertiary/aromatic N) is 1. The van der Waals surface area contributed by atoms with Gasteiger partial charge in [0, 0.05) is 7.05 Å². The van der Waals surface area contributed by atoms with Crippen molar-refractivity contribution in [2.45, 2.75) is 6.92 Å². The summed E-state index contributed by atoms with van der Waals surface area (Å²) in [6.45, 7) is 2.11. The van der Waals surface area contributed by atoms with Crippen molar-refractivity contribution in [1.29, 1.82) is 0 Å². The van der Waals surface area contributed by atoms with Gasteiger partial charge in [0.05, 0.1) is 28.8 Å². The fraction of sp³-hybridized carbons (Fsp3) is 0.357. The zero-order valence-corrected chi connectivity index (χ0v) is 14.3. The molecule has 3 N–H and O–H groups in total. The fourth-order valence-electron chi connectivity index (χ4n) is 1.71. The molecule has 0 fully saturated rings. The number of likely N-dealkylation sites (N-methyl/N-ethyl adjacent to an activating group) is 1. The van der Waals surface area contributed by atoms with Crippen molar-refractivity contribution in [3.8, 4) is 0 Å². The highest BCUT2D eigenvalue weighted by Crippen LogP contribution is 2.29. The summed E-state index contributed by atoms with van der Waals surface area (Å²) in [5.41, 5.74) is 0.326. The molecule has 1 aromatic carbocycles. The lowest BCUT2D eigenvalue weighted by Crippen LogP contribution is -2.45. The van der Waals surface area contributed by atoms with E-state index in [0.717, 1.165) is 0 Å². The van der Waals surface area contributed by atoms with Crippen LogP contribution in [0, 0.1) is 0 Å². The highest BCUT2D eigenvalue weighted by atomic mass is 35.5. The molecule has 0 atom stereocenters. The normalized spacial score (nSPS) is 10.3. The number of imide groups is 1. The number of benzene rings is 1. The van der Waals surface area contributed by atoms with Crippen LogP contribution in [0.4, 0.5) is 10.5 Å². The molecule has 0 aromatic heterocycles. The maximum Gasteiger partial charge on any atom is 0.321 e.